The van der Waals surface area contributed by atoms with E-state index in [2.05, 4.69) is 22.0 Å². The van der Waals surface area contributed by atoms with E-state index in [-0.39, 0.29) is 12.4 Å². The molecule has 0 unspecified atom stereocenters. The molecule has 0 radical (unpaired) electrons. The molecule has 0 amide bonds. The van der Waals surface area contributed by atoms with Gasteiger partial charge in [-0.1, -0.05) is 34.1 Å². The summed E-state index contributed by atoms with van der Waals surface area (Å²) in [5.74, 6) is 0.461. The Hall–Kier alpha value is -2.12. The number of benzene rings is 2. The summed E-state index contributed by atoms with van der Waals surface area (Å²) >= 11 is 3.33. The minimum absolute atomic E-state index is 0.0603. The number of Topliss-reactive ketones (excluding diaryl/α,β-unsaturated/α-hetero) is 1. The van der Waals surface area contributed by atoms with Gasteiger partial charge >= 0.3 is 0 Å². The van der Waals surface area contributed by atoms with E-state index >= 15 is 0 Å². The van der Waals surface area contributed by atoms with Gasteiger partial charge in [0, 0.05) is 10.0 Å². The quantitative estimate of drug-likeness (QED) is 0.793. The third-order valence-electron chi connectivity index (χ3n) is 2.84. The fourth-order valence-corrected chi connectivity index (χ4v) is 2.18. The van der Waals surface area contributed by atoms with Crippen molar-refractivity contribution >= 4 is 21.7 Å². The summed E-state index contributed by atoms with van der Waals surface area (Å²) < 4.78 is 6.52. The zero-order valence-corrected chi connectivity index (χ0v) is 12.5. The third kappa shape index (κ3) is 3.25. The van der Waals surface area contributed by atoms with E-state index in [0.29, 0.717) is 16.9 Å². The molecule has 0 aliphatic carbocycles. The second-order valence-corrected chi connectivity index (χ2v) is 5.17. The highest BCUT2D eigenvalue weighted by Gasteiger charge is 2.10. The van der Waals surface area contributed by atoms with Crippen molar-refractivity contribution in [1.82, 2.24) is 0 Å². The number of halogens is 1. The van der Waals surface area contributed by atoms with Gasteiger partial charge in [-0.25, -0.2) is 0 Å². The molecule has 0 heterocycles. The maximum absolute atomic E-state index is 11.6. The van der Waals surface area contributed by atoms with Gasteiger partial charge in [0.25, 0.3) is 0 Å². The maximum Gasteiger partial charge on any atom is 0.163 e. The minimum Gasteiger partial charge on any atom is -0.488 e. The predicted molar refractivity (Wildman–Crippen MR) is 79.6 cm³/mol. The molecule has 0 saturated carbocycles. The van der Waals surface area contributed by atoms with Crippen LogP contribution in [0.2, 0.25) is 0 Å². The van der Waals surface area contributed by atoms with E-state index in [1.54, 1.807) is 18.2 Å². The van der Waals surface area contributed by atoms with Crippen molar-refractivity contribution < 1.29 is 9.53 Å². The number of rotatable bonds is 4. The first kappa shape index (κ1) is 14.3. The van der Waals surface area contributed by atoms with Crippen LogP contribution in [0.5, 0.6) is 5.75 Å². The van der Waals surface area contributed by atoms with E-state index in [1.807, 2.05) is 24.3 Å². The van der Waals surface area contributed by atoms with Gasteiger partial charge in [-0.05, 0) is 31.2 Å². The Labute approximate surface area is 125 Å². The van der Waals surface area contributed by atoms with E-state index in [0.717, 1.165) is 10.0 Å². The molecule has 0 spiro atoms. The molecule has 0 atom stereocenters. The fraction of sp³-hybridized carbons (Fsp3) is 0.125. The lowest BCUT2D eigenvalue weighted by molar-refractivity contribution is 0.101. The molecule has 100 valence electrons. The van der Waals surface area contributed by atoms with Crippen LogP contribution < -0.4 is 4.74 Å². The van der Waals surface area contributed by atoms with Gasteiger partial charge in [-0.15, -0.1) is 0 Å². The molecular weight excluding hydrogens is 318 g/mol. The van der Waals surface area contributed by atoms with Crippen molar-refractivity contribution in [2.45, 2.75) is 13.5 Å². The molecule has 2 aromatic carbocycles. The van der Waals surface area contributed by atoms with E-state index in [4.69, 9.17) is 10.00 Å². The lowest BCUT2D eigenvalue weighted by Gasteiger charge is -2.11. The van der Waals surface area contributed by atoms with Crippen LogP contribution in [0.1, 0.15) is 28.4 Å². The van der Waals surface area contributed by atoms with Crippen molar-refractivity contribution in [1.29, 1.82) is 5.26 Å². The number of ketones is 1. The summed E-state index contributed by atoms with van der Waals surface area (Å²) in [7, 11) is 0. The SMILES string of the molecule is CC(=O)c1cc(Br)ccc1OCc1ccccc1C#N. The number of carbonyl (C=O) groups excluding carboxylic acids is 1. The summed E-state index contributed by atoms with van der Waals surface area (Å²) in [6.45, 7) is 1.75. The lowest BCUT2D eigenvalue weighted by atomic mass is 10.1. The molecule has 0 bridgehead atoms. The molecule has 0 fully saturated rings. The van der Waals surface area contributed by atoms with Crippen molar-refractivity contribution in [2.24, 2.45) is 0 Å². The monoisotopic (exact) mass is 329 g/mol. The van der Waals surface area contributed by atoms with Gasteiger partial charge in [-0.2, -0.15) is 5.26 Å². The van der Waals surface area contributed by atoms with Gasteiger partial charge < -0.3 is 4.74 Å². The highest BCUT2D eigenvalue weighted by atomic mass is 79.9. The zero-order chi connectivity index (χ0) is 14.5. The smallest absolute Gasteiger partial charge is 0.163 e. The van der Waals surface area contributed by atoms with Crippen LogP contribution in [0.25, 0.3) is 0 Å². The molecule has 4 heteroatoms. The first-order valence-electron chi connectivity index (χ1n) is 6.03. The Kier molecular flexibility index (Phi) is 4.54. The molecule has 3 nitrogen and oxygen atoms in total. The first-order chi connectivity index (χ1) is 9.61. The Morgan fingerprint density at radius 2 is 2.05 bits per heavy atom. The molecular formula is C16H12BrNO2. The van der Waals surface area contributed by atoms with E-state index < -0.39 is 0 Å². The van der Waals surface area contributed by atoms with Gasteiger partial charge in [0.15, 0.2) is 5.78 Å². The average Bonchev–Trinajstić information content (AvgIpc) is 2.46. The van der Waals surface area contributed by atoms with Crippen molar-refractivity contribution in [2.75, 3.05) is 0 Å². The molecule has 0 aliphatic rings. The highest BCUT2D eigenvalue weighted by Crippen LogP contribution is 2.25. The summed E-state index contributed by atoms with van der Waals surface area (Å²) in [6.07, 6.45) is 0. The minimum atomic E-state index is -0.0603. The van der Waals surface area contributed by atoms with Crippen molar-refractivity contribution in [3.8, 4) is 11.8 Å². The number of ether oxygens (including phenoxy) is 1. The lowest BCUT2D eigenvalue weighted by Crippen LogP contribution is -2.03. The second kappa shape index (κ2) is 6.36. The van der Waals surface area contributed by atoms with E-state index in [9.17, 15) is 4.79 Å². The zero-order valence-electron chi connectivity index (χ0n) is 10.9. The summed E-state index contributed by atoms with van der Waals surface area (Å²) in [5.41, 5.74) is 1.90. The topological polar surface area (TPSA) is 50.1 Å². The maximum atomic E-state index is 11.6. The Bertz CT molecular complexity index is 689. The number of hydrogen-bond acceptors (Lipinski definition) is 3. The molecule has 0 saturated heterocycles. The molecule has 0 aromatic heterocycles. The molecule has 2 rings (SSSR count). The summed E-state index contributed by atoms with van der Waals surface area (Å²) in [4.78, 5) is 11.6. The summed E-state index contributed by atoms with van der Waals surface area (Å²) in [5, 5.41) is 9.03. The van der Waals surface area contributed by atoms with Crippen LogP contribution in [0.3, 0.4) is 0 Å². The van der Waals surface area contributed by atoms with Crippen LogP contribution in [0.15, 0.2) is 46.9 Å². The number of nitrogens with zero attached hydrogens (tertiary/aromatic N) is 1. The van der Waals surface area contributed by atoms with Crippen LogP contribution in [-0.2, 0) is 6.61 Å². The van der Waals surface area contributed by atoms with Gasteiger partial charge in [0.05, 0.1) is 17.2 Å². The Morgan fingerprint density at radius 3 is 2.75 bits per heavy atom. The van der Waals surface area contributed by atoms with Crippen LogP contribution in [0.4, 0.5) is 0 Å². The first-order valence-corrected chi connectivity index (χ1v) is 6.82. The largest absolute Gasteiger partial charge is 0.488 e. The number of carbonyl (C=O) groups is 1. The number of nitriles is 1. The summed E-state index contributed by atoms with van der Waals surface area (Å²) in [6, 6.07) is 14.7. The van der Waals surface area contributed by atoms with Crippen molar-refractivity contribution in [3.05, 3.63) is 63.6 Å². The molecule has 20 heavy (non-hydrogen) atoms. The standard InChI is InChI=1S/C16H12BrNO2/c1-11(19)15-8-14(17)6-7-16(15)20-10-13-5-3-2-4-12(13)9-18/h2-8H,10H2,1H3. The molecule has 2 aromatic rings. The van der Waals surface area contributed by atoms with Crippen LogP contribution >= 0.6 is 15.9 Å². The van der Waals surface area contributed by atoms with Crippen LogP contribution in [-0.4, -0.2) is 5.78 Å². The average molecular weight is 330 g/mol. The molecule has 0 N–H and O–H groups in total. The molecule has 0 aliphatic heterocycles. The van der Waals surface area contributed by atoms with E-state index in [1.165, 1.54) is 6.92 Å². The third-order valence-corrected chi connectivity index (χ3v) is 3.34. The second-order valence-electron chi connectivity index (χ2n) is 4.25. The van der Waals surface area contributed by atoms with Gasteiger partial charge in [0.1, 0.15) is 12.4 Å². The van der Waals surface area contributed by atoms with Crippen LogP contribution in [0, 0.1) is 11.3 Å². The Morgan fingerprint density at radius 1 is 1.30 bits per heavy atom. The van der Waals surface area contributed by atoms with Gasteiger partial charge in [0.2, 0.25) is 0 Å². The van der Waals surface area contributed by atoms with Crippen molar-refractivity contribution in [3.63, 3.8) is 0 Å². The number of hydrogen-bond donors (Lipinski definition) is 0. The fourth-order valence-electron chi connectivity index (χ4n) is 1.81. The highest BCUT2D eigenvalue weighted by molar-refractivity contribution is 9.10. The Balaban J connectivity index is 2.24. The van der Waals surface area contributed by atoms with Gasteiger partial charge in [-0.3, -0.25) is 4.79 Å². The normalized spacial score (nSPS) is 9.85. The predicted octanol–water partition coefficient (Wildman–Crippen LogP) is 4.10.